The van der Waals surface area contributed by atoms with Gasteiger partial charge in [0.1, 0.15) is 0 Å². The molecule has 8 aromatic carbocycles. The van der Waals surface area contributed by atoms with Gasteiger partial charge in [-0.15, -0.1) is 0 Å². The van der Waals surface area contributed by atoms with E-state index < -0.39 is 0 Å². The van der Waals surface area contributed by atoms with Gasteiger partial charge in [0.25, 0.3) is 0 Å². The lowest BCUT2D eigenvalue weighted by Crippen LogP contribution is -2.12. The summed E-state index contributed by atoms with van der Waals surface area (Å²) < 4.78 is 0. The van der Waals surface area contributed by atoms with Crippen molar-refractivity contribution in [3.05, 3.63) is 175 Å². The summed E-state index contributed by atoms with van der Waals surface area (Å²) in [6.45, 7) is 2.20. The zero-order chi connectivity index (χ0) is 31.0. The van der Waals surface area contributed by atoms with Gasteiger partial charge in [0.2, 0.25) is 0 Å². The van der Waals surface area contributed by atoms with Crippen LogP contribution in [-0.4, -0.2) is 7.05 Å². The van der Waals surface area contributed by atoms with Gasteiger partial charge < -0.3 is 9.80 Å². The van der Waals surface area contributed by atoms with Crippen molar-refractivity contribution in [2.75, 3.05) is 16.8 Å². The Labute approximate surface area is 270 Å². The molecule has 0 aliphatic heterocycles. The summed E-state index contributed by atoms with van der Waals surface area (Å²) in [4.78, 5) is 4.65. The fourth-order valence-corrected chi connectivity index (χ4v) is 6.64. The number of hydrogen-bond acceptors (Lipinski definition) is 2. The monoisotopic (exact) mass is 590 g/mol. The Morgan fingerprint density at radius 3 is 1.61 bits per heavy atom. The molecule has 0 radical (unpaired) electrons. The highest BCUT2D eigenvalue weighted by molar-refractivity contribution is 6.00. The fraction of sp³-hybridized carbons (Fsp3) is 0.0455. The molecular weight excluding hydrogens is 556 g/mol. The van der Waals surface area contributed by atoms with Gasteiger partial charge in [-0.2, -0.15) is 0 Å². The van der Waals surface area contributed by atoms with Crippen LogP contribution in [0, 0.1) is 6.92 Å². The minimum atomic E-state index is 1.11. The Bertz CT molecular complexity index is 2340. The zero-order valence-electron chi connectivity index (χ0n) is 26.1. The molecule has 0 bridgehead atoms. The van der Waals surface area contributed by atoms with E-state index in [9.17, 15) is 0 Å². The molecule has 46 heavy (non-hydrogen) atoms. The van der Waals surface area contributed by atoms with E-state index in [1.807, 2.05) is 0 Å². The Morgan fingerprint density at radius 2 is 0.891 bits per heavy atom. The molecule has 0 aromatic heterocycles. The van der Waals surface area contributed by atoms with Crippen molar-refractivity contribution in [3.63, 3.8) is 0 Å². The van der Waals surface area contributed by atoms with Gasteiger partial charge in [0.05, 0.1) is 0 Å². The number of hydrogen-bond donors (Lipinski definition) is 0. The van der Waals surface area contributed by atoms with Crippen LogP contribution in [0.4, 0.5) is 28.4 Å². The third kappa shape index (κ3) is 5.14. The van der Waals surface area contributed by atoms with Gasteiger partial charge in [-0.1, -0.05) is 97.1 Å². The van der Waals surface area contributed by atoms with Gasteiger partial charge in [-0.25, -0.2) is 0 Å². The van der Waals surface area contributed by atoms with Crippen LogP contribution in [0.1, 0.15) is 5.56 Å². The third-order valence-corrected chi connectivity index (χ3v) is 9.08. The molecule has 0 atom stereocenters. The molecule has 0 unspecified atom stereocenters. The summed E-state index contributed by atoms with van der Waals surface area (Å²) in [6.07, 6.45) is 0. The average Bonchev–Trinajstić information content (AvgIpc) is 3.11. The van der Waals surface area contributed by atoms with Crippen molar-refractivity contribution >= 4 is 60.8 Å². The minimum Gasteiger partial charge on any atom is -0.344 e. The first-order chi connectivity index (χ1) is 22.6. The standard InChI is InChI=1S/C44H34N2/c1-31-25-38-26-34-14-8-9-15-35(34)27-39(38)30-44(31)45(2)40-21-23-41(24-22-40)46(43-20-19-33-13-6-7-16-36(33)29-43)42-18-10-17-37(28-42)32-11-4-3-5-12-32/h3-30H,1-2H3. The van der Waals surface area contributed by atoms with Crippen molar-refractivity contribution in [1.29, 1.82) is 0 Å². The summed E-state index contributed by atoms with van der Waals surface area (Å²) in [5.41, 5.74) is 9.36. The lowest BCUT2D eigenvalue weighted by molar-refractivity contribution is 1.19. The van der Waals surface area contributed by atoms with E-state index in [0.717, 1.165) is 22.7 Å². The summed E-state index contributed by atoms with van der Waals surface area (Å²) in [6, 6.07) is 61.4. The van der Waals surface area contributed by atoms with Crippen LogP contribution in [-0.2, 0) is 0 Å². The van der Waals surface area contributed by atoms with Crippen LogP contribution in [0.25, 0.3) is 43.4 Å². The molecule has 8 rings (SSSR count). The van der Waals surface area contributed by atoms with Crippen molar-refractivity contribution in [1.82, 2.24) is 0 Å². The predicted molar refractivity (Wildman–Crippen MR) is 198 cm³/mol. The van der Waals surface area contributed by atoms with Gasteiger partial charge in [0, 0.05) is 35.5 Å². The van der Waals surface area contributed by atoms with E-state index in [0.29, 0.717) is 0 Å². The maximum Gasteiger partial charge on any atom is 0.0468 e. The Balaban J connectivity index is 1.19. The highest BCUT2D eigenvalue weighted by Gasteiger charge is 2.16. The van der Waals surface area contributed by atoms with Gasteiger partial charge >= 0.3 is 0 Å². The third-order valence-electron chi connectivity index (χ3n) is 9.08. The van der Waals surface area contributed by atoms with E-state index in [2.05, 4.69) is 194 Å². The van der Waals surface area contributed by atoms with Crippen LogP contribution in [0.2, 0.25) is 0 Å². The number of anilines is 5. The number of nitrogens with zero attached hydrogens (tertiary/aromatic N) is 2. The van der Waals surface area contributed by atoms with Crippen LogP contribution < -0.4 is 9.80 Å². The predicted octanol–water partition coefficient (Wildman–Crippen LogP) is 12.4. The summed E-state index contributed by atoms with van der Waals surface area (Å²) >= 11 is 0. The second-order valence-corrected chi connectivity index (χ2v) is 12.0. The molecule has 0 heterocycles. The quantitative estimate of drug-likeness (QED) is 0.178. The number of aryl methyl sites for hydroxylation is 1. The number of fused-ring (bicyclic) bond motifs is 3. The van der Waals surface area contributed by atoms with Gasteiger partial charge in [-0.3, -0.25) is 0 Å². The molecule has 220 valence electrons. The Hall–Kier alpha value is -5.86. The Morgan fingerprint density at radius 1 is 0.348 bits per heavy atom. The molecule has 0 fully saturated rings. The molecule has 0 N–H and O–H groups in total. The summed E-state index contributed by atoms with van der Waals surface area (Å²) in [5, 5.41) is 7.52. The Kier molecular flexibility index (Phi) is 6.96. The number of rotatable bonds is 6. The first-order valence-electron chi connectivity index (χ1n) is 15.8. The first-order valence-corrected chi connectivity index (χ1v) is 15.8. The molecule has 2 heteroatoms. The first kappa shape index (κ1) is 27.7. The van der Waals surface area contributed by atoms with Gasteiger partial charge in [0.15, 0.2) is 0 Å². The molecule has 8 aromatic rings. The number of benzene rings is 8. The van der Waals surface area contributed by atoms with Crippen LogP contribution in [0.15, 0.2) is 170 Å². The smallest absolute Gasteiger partial charge is 0.0468 e. The van der Waals surface area contributed by atoms with Gasteiger partial charge in [-0.05, 0) is 129 Å². The van der Waals surface area contributed by atoms with Crippen molar-refractivity contribution in [2.24, 2.45) is 0 Å². The molecule has 0 spiro atoms. The van der Waals surface area contributed by atoms with E-state index in [4.69, 9.17) is 0 Å². The second kappa shape index (κ2) is 11.6. The molecule has 2 nitrogen and oxygen atoms in total. The molecular formula is C44H34N2. The molecule has 0 saturated heterocycles. The lowest BCUT2D eigenvalue weighted by atomic mass is 10.0. The highest BCUT2D eigenvalue weighted by atomic mass is 15.1. The fourth-order valence-electron chi connectivity index (χ4n) is 6.64. The van der Waals surface area contributed by atoms with Crippen molar-refractivity contribution < 1.29 is 0 Å². The van der Waals surface area contributed by atoms with Crippen LogP contribution in [0.3, 0.4) is 0 Å². The lowest BCUT2D eigenvalue weighted by Gasteiger charge is -2.28. The van der Waals surface area contributed by atoms with Crippen molar-refractivity contribution in [2.45, 2.75) is 6.92 Å². The molecule has 0 aliphatic carbocycles. The maximum atomic E-state index is 2.36. The summed E-state index contributed by atoms with van der Waals surface area (Å²) in [5.74, 6) is 0. The SMILES string of the molecule is Cc1cc2cc3ccccc3cc2cc1N(C)c1ccc(N(c2cccc(-c3ccccc3)c2)c2ccc3ccccc3c2)cc1. The topological polar surface area (TPSA) is 6.48 Å². The largest absolute Gasteiger partial charge is 0.344 e. The normalized spacial score (nSPS) is 11.3. The van der Waals surface area contributed by atoms with Crippen molar-refractivity contribution in [3.8, 4) is 11.1 Å². The van der Waals surface area contributed by atoms with Crippen LogP contribution in [0.5, 0.6) is 0 Å². The molecule has 0 saturated carbocycles. The van der Waals surface area contributed by atoms with Crippen LogP contribution >= 0.6 is 0 Å². The molecule has 0 amide bonds. The molecule has 0 aliphatic rings. The summed E-state index contributed by atoms with van der Waals surface area (Å²) in [7, 11) is 2.16. The average molecular weight is 591 g/mol. The van der Waals surface area contributed by atoms with E-state index in [-0.39, 0.29) is 0 Å². The van der Waals surface area contributed by atoms with E-state index in [1.54, 1.807) is 0 Å². The van der Waals surface area contributed by atoms with E-state index in [1.165, 1.54) is 54.7 Å². The minimum absolute atomic E-state index is 1.11. The zero-order valence-corrected chi connectivity index (χ0v) is 26.1. The highest BCUT2D eigenvalue weighted by Crippen LogP contribution is 2.39. The van der Waals surface area contributed by atoms with E-state index >= 15 is 0 Å². The second-order valence-electron chi connectivity index (χ2n) is 12.0. The maximum absolute atomic E-state index is 2.36.